The van der Waals surface area contributed by atoms with Crippen molar-refractivity contribution in [3.05, 3.63) is 99.6 Å². The molecule has 0 atom stereocenters. The van der Waals surface area contributed by atoms with Crippen LogP contribution < -0.4 is 15.1 Å². The van der Waals surface area contributed by atoms with Gasteiger partial charge in [-0.25, -0.2) is 9.69 Å². The second kappa shape index (κ2) is 8.80. The van der Waals surface area contributed by atoms with Gasteiger partial charge in [-0.05, 0) is 66.4 Å². The van der Waals surface area contributed by atoms with Crippen LogP contribution in [-0.2, 0) is 22.6 Å². The van der Waals surface area contributed by atoms with Crippen molar-refractivity contribution in [1.29, 1.82) is 0 Å². The first kappa shape index (κ1) is 21.9. The molecule has 1 saturated heterocycles. The van der Waals surface area contributed by atoms with Crippen molar-refractivity contribution in [2.45, 2.75) is 19.9 Å². The summed E-state index contributed by atoms with van der Waals surface area (Å²) < 4.78 is 0. The third kappa shape index (κ3) is 4.08. The van der Waals surface area contributed by atoms with E-state index >= 15 is 0 Å². The summed E-state index contributed by atoms with van der Waals surface area (Å²) in [6.07, 6.45) is 2.40. The number of aryl methyl sites for hydroxylation is 1. The van der Waals surface area contributed by atoms with Crippen LogP contribution in [0.4, 0.5) is 16.2 Å². The SMILES string of the molecule is Cc1ccc(N2C(=O)NC(=O)/C(=C/c3ccc4c(c3)CCN4Cc3ccccc3Cl)C2=O)cc1. The van der Waals surface area contributed by atoms with Gasteiger partial charge in [0.2, 0.25) is 0 Å². The minimum absolute atomic E-state index is 0.0777. The van der Waals surface area contributed by atoms with Gasteiger partial charge in [0.1, 0.15) is 5.57 Å². The maximum absolute atomic E-state index is 13.1. The number of urea groups is 1. The number of barbiturate groups is 1. The van der Waals surface area contributed by atoms with Gasteiger partial charge in [0.25, 0.3) is 11.8 Å². The van der Waals surface area contributed by atoms with Gasteiger partial charge in [0, 0.05) is 23.8 Å². The Morgan fingerprint density at radius 3 is 2.53 bits per heavy atom. The van der Waals surface area contributed by atoms with Crippen molar-refractivity contribution in [3.63, 3.8) is 0 Å². The normalized spacial score (nSPS) is 16.8. The molecule has 0 bridgehead atoms. The van der Waals surface area contributed by atoms with Gasteiger partial charge in [0.05, 0.1) is 5.69 Å². The summed E-state index contributed by atoms with van der Waals surface area (Å²) in [6.45, 7) is 3.48. The number of anilines is 2. The number of fused-ring (bicyclic) bond motifs is 1. The van der Waals surface area contributed by atoms with Crippen LogP contribution >= 0.6 is 11.6 Å². The zero-order chi connectivity index (χ0) is 23.8. The summed E-state index contributed by atoms with van der Waals surface area (Å²) in [7, 11) is 0. The number of rotatable bonds is 4. The number of benzene rings is 3. The lowest BCUT2D eigenvalue weighted by Gasteiger charge is -2.26. The van der Waals surface area contributed by atoms with E-state index in [0.717, 1.165) is 50.8 Å². The second-order valence-electron chi connectivity index (χ2n) is 8.44. The lowest BCUT2D eigenvalue weighted by molar-refractivity contribution is -0.122. The number of amides is 4. The van der Waals surface area contributed by atoms with Gasteiger partial charge in [-0.1, -0.05) is 53.6 Å². The quantitative estimate of drug-likeness (QED) is 0.435. The van der Waals surface area contributed by atoms with Crippen LogP contribution in [-0.4, -0.2) is 24.4 Å². The van der Waals surface area contributed by atoms with E-state index in [1.54, 1.807) is 18.2 Å². The molecular formula is C27H22ClN3O3. The Morgan fingerprint density at radius 1 is 1.00 bits per heavy atom. The molecule has 1 fully saturated rings. The van der Waals surface area contributed by atoms with Crippen molar-refractivity contribution in [3.8, 4) is 0 Å². The van der Waals surface area contributed by atoms with Crippen molar-refractivity contribution in [2.24, 2.45) is 0 Å². The van der Waals surface area contributed by atoms with Crippen LogP contribution in [0, 0.1) is 6.92 Å². The summed E-state index contributed by atoms with van der Waals surface area (Å²) in [5, 5.41) is 3.02. The van der Waals surface area contributed by atoms with E-state index in [4.69, 9.17) is 11.6 Å². The zero-order valence-corrected chi connectivity index (χ0v) is 19.3. The van der Waals surface area contributed by atoms with Gasteiger partial charge in [-0.3, -0.25) is 14.9 Å². The van der Waals surface area contributed by atoms with Crippen LogP contribution in [0.1, 0.15) is 22.3 Å². The van der Waals surface area contributed by atoms with E-state index in [-0.39, 0.29) is 5.57 Å². The highest BCUT2D eigenvalue weighted by molar-refractivity contribution is 6.39. The fraction of sp³-hybridized carbons (Fsp3) is 0.148. The Kier molecular flexibility index (Phi) is 5.67. The summed E-state index contributed by atoms with van der Waals surface area (Å²) in [4.78, 5) is 41.3. The average Bonchev–Trinajstić information content (AvgIpc) is 3.21. The van der Waals surface area contributed by atoms with E-state index in [9.17, 15) is 14.4 Å². The summed E-state index contributed by atoms with van der Waals surface area (Å²) >= 11 is 6.33. The smallest absolute Gasteiger partial charge is 0.335 e. The fourth-order valence-electron chi connectivity index (χ4n) is 4.33. The van der Waals surface area contributed by atoms with E-state index in [0.29, 0.717) is 12.2 Å². The largest absolute Gasteiger partial charge is 0.367 e. The Labute approximate surface area is 202 Å². The maximum Gasteiger partial charge on any atom is 0.335 e. The summed E-state index contributed by atoms with van der Waals surface area (Å²) in [5.74, 6) is -1.34. The van der Waals surface area contributed by atoms with Gasteiger partial charge in [-0.15, -0.1) is 0 Å². The van der Waals surface area contributed by atoms with Gasteiger partial charge < -0.3 is 4.90 Å². The number of nitrogens with one attached hydrogen (secondary N) is 1. The van der Waals surface area contributed by atoms with E-state index in [2.05, 4.69) is 10.2 Å². The minimum Gasteiger partial charge on any atom is -0.367 e. The lowest BCUT2D eigenvalue weighted by Crippen LogP contribution is -2.54. The van der Waals surface area contributed by atoms with Crippen LogP contribution in [0.25, 0.3) is 6.08 Å². The molecule has 0 saturated carbocycles. The molecule has 0 radical (unpaired) electrons. The molecule has 0 aliphatic carbocycles. The first-order valence-corrected chi connectivity index (χ1v) is 11.4. The Hall–Kier alpha value is -3.90. The molecule has 3 aromatic rings. The molecular weight excluding hydrogens is 450 g/mol. The van der Waals surface area contributed by atoms with Crippen LogP contribution in [0.15, 0.2) is 72.3 Å². The number of hydrogen-bond acceptors (Lipinski definition) is 4. The van der Waals surface area contributed by atoms with Gasteiger partial charge >= 0.3 is 6.03 Å². The summed E-state index contributed by atoms with van der Waals surface area (Å²) in [6, 6.07) is 19.9. The number of carbonyl (C=O) groups is 3. The van der Waals surface area contributed by atoms with Gasteiger partial charge in [-0.2, -0.15) is 0 Å². The molecule has 0 spiro atoms. The lowest BCUT2D eigenvalue weighted by atomic mass is 10.0. The third-order valence-corrected chi connectivity index (χ3v) is 6.49. The van der Waals surface area contributed by atoms with Crippen molar-refractivity contribution < 1.29 is 14.4 Å². The molecule has 170 valence electrons. The Bertz CT molecular complexity index is 1350. The molecule has 1 N–H and O–H groups in total. The van der Waals surface area contributed by atoms with Crippen molar-refractivity contribution in [2.75, 3.05) is 16.3 Å². The number of halogens is 1. The van der Waals surface area contributed by atoms with Crippen molar-refractivity contribution >= 4 is 46.9 Å². The molecule has 7 heteroatoms. The standard InChI is InChI=1S/C27H22ClN3O3/c1-17-6-9-21(10-7-17)31-26(33)22(25(32)29-27(31)34)15-18-8-11-24-19(14-18)12-13-30(24)16-20-4-2-3-5-23(20)28/h2-11,14-15H,12-13,16H2,1H3,(H,29,32,34)/b22-15-. The zero-order valence-electron chi connectivity index (χ0n) is 18.5. The average molecular weight is 472 g/mol. The molecule has 0 unspecified atom stereocenters. The van der Waals surface area contributed by atoms with E-state index < -0.39 is 17.8 Å². The van der Waals surface area contributed by atoms with Crippen molar-refractivity contribution in [1.82, 2.24) is 5.32 Å². The van der Waals surface area contributed by atoms with E-state index in [1.165, 1.54) is 0 Å². The Morgan fingerprint density at radius 2 is 1.76 bits per heavy atom. The number of imide groups is 2. The number of nitrogens with zero attached hydrogens (tertiary/aromatic N) is 2. The fourth-order valence-corrected chi connectivity index (χ4v) is 4.52. The molecule has 5 rings (SSSR count). The molecule has 3 aromatic carbocycles. The molecule has 2 aliphatic heterocycles. The van der Waals surface area contributed by atoms with E-state index in [1.807, 2.05) is 61.5 Å². The first-order chi connectivity index (χ1) is 16.4. The second-order valence-corrected chi connectivity index (χ2v) is 8.85. The Balaban J connectivity index is 1.41. The molecule has 34 heavy (non-hydrogen) atoms. The molecule has 6 nitrogen and oxygen atoms in total. The third-order valence-electron chi connectivity index (χ3n) is 6.12. The predicted octanol–water partition coefficient (Wildman–Crippen LogP) is 4.88. The minimum atomic E-state index is -0.750. The monoisotopic (exact) mass is 471 g/mol. The predicted molar refractivity (Wildman–Crippen MR) is 133 cm³/mol. The highest BCUT2D eigenvalue weighted by atomic mass is 35.5. The van der Waals surface area contributed by atoms with Crippen LogP contribution in [0.3, 0.4) is 0 Å². The van der Waals surface area contributed by atoms with Crippen LogP contribution in [0.2, 0.25) is 5.02 Å². The molecule has 0 aromatic heterocycles. The number of carbonyl (C=O) groups excluding carboxylic acids is 3. The highest BCUT2D eigenvalue weighted by Crippen LogP contribution is 2.32. The molecule has 2 aliphatic rings. The topological polar surface area (TPSA) is 69.7 Å². The van der Waals surface area contributed by atoms with Crippen LogP contribution in [0.5, 0.6) is 0 Å². The highest BCUT2D eigenvalue weighted by Gasteiger charge is 2.36. The maximum atomic E-state index is 13.1. The first-order valence-electron chi connectivity index (χ1n) is 11.0. The number of hydrogen-bond donors (Lipinski definition) is 1. The molecule has 4 amide bonds. The molecule has 2 heterocycles. The van der Waals surface area contributed by atoms with Gasteiger partial charge in [0.15, 0.2) is 0 Å². The summed E-state index contributed by atoms with van der Waals surface area (Å²) in [5.41, 5.74) is 5.38.